The molecular formula is C14H14N2O4S. The summed E-state index contributed by atoms with van der Waals surface area (Å²) in [6.07, 6.45) is 0. The molecule has 1 aromatic carbocycles. The molecule has 2 rings (SSSR count). The van der Waals surface area contributed by atoms with Gasteiger partial charge in [0.2, 0.25) is 0 Å². The summed E-state index contributed by atoms with van der Waals surface area (Å²) < 4.78 is 5.04. The number of urea groups is 1. The van der Waals surface area contributed by atoms with Gasteiger partial charge in [0.05, 0.1) is 6.54 Å². The maximum absolute atomic E-state index is 11.7. The van der Waals surface area contributed by atoms with Crippen molar-refractivity contribution >= 4 is 29.0 Å². The topological polar surface area (TPSA) is 87.7 Å². The molecule has 0 aliphatic heterocycles. The molecule has 0 fully saturated rings. The summed E-state index contributed by atoms with van der Waals surface area (Å²) in [6.45, 7) is 0.0345. The summed E-state index contributed by atoms with van der Waals surface area (Å²) in [4.78, 5) is 23.2. The lowest BCUT2D eigenvalue weighted by Gasteiger charge is -2.08. The smallest absolute Gasteiger partial charge is 0.341 e. The molecule has 2 aromatic rings. The third-order valence-corrected chi connectivity index (χ3v) is 3.33. The van der Waals surface area contributed by atoms with E-state index < -0.39 is 12.6 Å². The number of rotatable bonds is 6. The molecular weight excluding hydrogens is 292 g/mol. The molecule has 0 atom stereocenters. The van der Waals surface area contributed by atoms with E-state index in [1.807, 2.05) is 17.5 Å². The lowest BCUT2D eigenvalue weighted by atomic mass is 10.3. The summed E-state index contributed by atoms with van der Waals surface area (Å²) in [5, 5.41) is 15.9. The summed E-state index contributed by atoms with van der Waals surface area (Å²) >= 11 is 1.56. The molecule has 0 aliphatic rings. The number of benzene rings is 1. The van der Waals surface area contributed by atoms with Crippen molar-refractivity contribution in [3.8, 4) is 5.75 Å². The van der Waals surface area contributed by atoms with Gasteiger partial charge in [-0.25, -0.2) is 9.59 Å². The van der Waals surface area contributed by atoms with Crippen LogP contribution >= 0.6 is 11.3 Å². The van der Waals surface area contributed by atoms with Crippen LogP contribution in [0.15, 0.2) is 41.8 Å². The molecule has 0 saturated heterocycles. The summed E-state index contributed by atoms with van der Waals surface area (Å²) in [6, 6.07) is 10.1. The minimum atomic E-state index is -1.05. The zero-order valence-corrected chi connectivity index (χ0v) is 11.9. The first-order valence-electron chi connectivity index (χ1n) is 6.15. The molecule has 7 heteroatoms. The van der Waals surface area contributed by atoms with Gasteiger partial charge < -0.3 is 20.5 Å². The van der Waals surface area contributed by atoms with Crippen LogP contribution in [-0.2, 0) is 11.3 Å². The Morgan fingerprint density at radius 1 is 1.24 bits per heavy atom. The van der Waals surface area contributed by atoms with E-state index in [2.05, 4.69) is 10.6 Å². The first kappa shape index (κ1) is 14.9. The molecule has 0 bridgehead atoms. The number of hydrogen-bond donors (Lipinski definition) is 3. The van der Waals surface area contributed by atoms with Crippen LogP contribution in [0.2, 0.25) is 0 Å². The molecule has 3 N–H and O–H groups in total. The molecule has 21 heavy (non-hydrogen) atoms. The first-order valence-corrected chi connectivity index (χ1v) is 7.03. The van der Waals surface area contributed by atoms with Gasteiger partial charge in [-0.2, -0.15) is 0 Å². The third kappa shape index (κ3) is 5.15. The number of thiophene rings is 1. The molecule has 6 nitrogen and oxygen atoms in total. The van der Waals surface area contributed by atoms with Crippen LogP contribution < -0.4 is 15.4 Å². The number of carbonyl (C=O) groups is 2. The second kappa shape index (κ2) is 7.30. The van der Waals surface area contributed by atoms with Gasteiger partial charge in [-0.1, -0.05) is 12.1 Å². The highest BCUT2D eigenvalue weighted by atomic mass is 32.1. The number of aliphatic carboxylic acids is 1. The molecule has 1 aromatic heterocycles. The van der Waals surface area contributed by atoms with Crippen LogP contribution in [0, 0.1) is 0 Å². The predicted molar refractivity (Wildman–Crippen MR) is 79.8 cm³/mol. The van der Waals surface area contributed by atoms with Crippen molar-refractivity contribution < 1.29 is 19.4 Å². The predicted octanol–water partition coefficient (Wildman–Crippen LogP) is 2.53. The largest absolute Gasteiger partial charge is 0.482 e. The van der Waals surface area contributed by atoms with Gasteiger partial charge in [0.25, 0.3) is 0 Å². The fourth-order valence-electron chi connectivity index (χ4n) is 1.56. The van der Waals surface area contributed by atoms with Crippen LogP contribution in [0.4, 0.5) is 10.5 Å². The summed E-state index contributed by atoms with van der Waals surface area (Å²) in [5.74, 6) is -0.671. The highest BCUT2D eigenvalue weighted by molar-refractivity contribution is 7.09. The highest BCUT2D eigenvalue weighted by Crippen LogP contribution is 2.17. The molecule has 0 aliphatic carbocycles. The average Bonchev–Trinajstić information content (AvgIpc) is 2.97. The Balaban J connectivity index is 1.85. The highest BCUT2D eigenvalue weighted by Gasteiger charge is 2.04. The standard InChI is InChI=1S/C14H14N2O4S/c17-13(18)9-20-11-4-1-3-10(7-11)16-14(19)15-8-12-5-2-6-21-12/h1-7H,8-9H2,(H,17,18)(H2,15,16,19). The summed E-state index contributed by atoms with van der Waals surface area (Å²) in [5.41, 5.74) is 0.529. The van der Waals surface area contributed by atoms with Gasteiger partial charge in [0.1, 0.15) is 5.75 Å². The molecule has 0 spiro atoms. The number of hydrogen-bond acceptors (Lipinski definition) is 4. The van der Waals surface area contributed by atoms with Crippen LogP contribution in [-0.4, -0.2) is 23.7 Å². The Labute approximate surface area is 125 Å². The molecule has 0 saturated carbocycles. The zero-order valence-electron chi connectivity index (χ0n) is 11.0. The van der Waals surface area contributed by atoms with Crippen molar-refractivity contribution in [3.05, 3.63) is 46.7 Å². The van der Waals surface area contributed by atoms with Gasteiger partial charge in [-0.15, -0.1) is 11.3 Å². The number of carboxylic acid groups (broad SMARTS) is 1. The quantitative estimate of drug-likeness (QED) is 0.765. The molecule has 0 radical (unpaired) electrons. The first-order chi connectivity index (χ1) is 10.1. The van der Waals surface area contributed by atoms with E-state index in [0.29, 0.717) is 18.0 Å². The molecule has 2 amide bonds. The number of amides is 2. The van der Waals surface area contributed by atoms with E-state index in [0.717, 1.165) is 4.88 Å². The molecule has 110 valence electrons. The number of carboxylic acids is 1. The fraction of sp³-hybridized carbons (Fsp3) is 0.143. The number of carbonyl (C=O) groups excluding carboxylic acids is 1. The fourth-order valence-corrected chi connectivity index (χ4v) is 2.21. The second-order valence-corrected chi connectivity index (χ2v) is 5.13. The van der Waals surface area contributed by atoms with Gasteiger partial charge in [0.15, 0.2) is 6.61 Å². The van der Waals surface area contributed by atoms with Gasteiger partial charge in [0, 0.05) is 16.6 Å². The average molecular weight is 306 g/mol. The maximum Gasteiger partial charge on any atom is 0.341 e. The van der Waals surface area contributed by atoms with E-state index in [1.165, 1.54) is 0 Å². The van der Waals surface area contributed by atoms with Crippen molar-refractivity contribution in [1.82, 2.24) is 5.32 Å². The van der Waals surface area contributed by atoms with Gasteiger partial charge in [-0.3, -0.25) is 0 Å². The molecule has 1 heterocycles. The normalized spacial score (nSPS) is 9.90. The van der Waals surface area contributed by atoms with Gasteiger partial charge in [-0.05, 0) is 23.6 Å². The SMILES string of the molecule is O=C(O)COc1cccc(NC(=O)NCc2cccs2)c1. The number of nitrogens with one attached hydrogen (secondary N) is 2. The molecule has 0 unspecified atom stereocenters. The maximum atomic E-state index is 11.7. The van der Waals surface area contributed by atoms with Crippen LogP contribution in [0.25, 0.3) is 0 Å². The lowest BCUT2D eigenvalue weighted by molar-refractivity contribution is -0.139. The monoisotopic (exact) mass is 306 g/mol. The van der Waals surface area contributed by atoms with Crippen molar-refractivity contribution in [2.24, 2.45) is 0 Å². The lowest BCUT2D eigenvalue weighted by Crippen LogP contribution is -2.27. The van der Waals surface area contributed by atoms with Gasteiger partial charge >= 0.3 is 12.0 Å². The van der Waals surface area contributed by atoms with E-state index in [1.54, 1.807) is 35.6 Å². The Morgan fingerprint density at radius 3 is 2.81 bits per heavy atom. The van der Waals surface area contributed by atoms with E-state index in [4.69, 9.17) is 9.84 Å². The Bertz CT molecular complexity index is 613. The van der Waals surface area contributed by atoms with E-state index in [9.17, 15) is 9.59 Å². The number of anilines is 1. The van der Waals surface area contributed by atoms with Crippen molar-refractivity contribution in [2.75, 3.05) is 11.9 Å². The van der Waals surface area contributed by atoms with Crippen molar-refractivity contribution in [1.29, 1.82) is 0 Å². The van der Waals surface area contributed by atoms with Crippen molar-refractivity contribution in [3.63, 3.8) is 0 Å². The summed E-state index contributed by atoms with van der Waals surface area (Å²) in [7, 11) is 0. The Kier molecular flexibility index (Phi) is 5.16. The Morgan fingerprint density at radius 2 is 2.10 bits per heavy atom. The Hall–Kier alpha value is -2.54. The van der Waals surface area contributed by atoms with E-state index in [-0.39, 0.29) is 6.03 Å². The zero-order chi connectivity index (χ0) is 15.1. The van der Waals surface area contributed by atoms with Crippen LogP contribution in [0.1, 0.15) is 4.88 Å². The van der Waals surface area contributed by atoms with Crippen molar-refractivity contribution in [2.45, 2.75) is 6.54 Å². The minimum Gasteiger partial charge on any atom is -0.482 e. The minimum absolute atomic E-state index is 0.334. The third-order valence-electron chi connectivity index (χ3n) is 2.46. The second-order valence-electron chi connectivity index (χ2n) is 4.10. The van der Waals surface area contributed by atoms with Crippen LogP contribution in [0.3, 0.4) is 0 Å². The van der Waals surface area contributed by atoms with Crippen LogP contribution in [0.5, 0.6) is 5.75 Å². The van der Waals surface area contributed by atoms with E-state index >= 15 is 0 Å². The number of ether oxygens (including phenoxy) is 1.